The topological polar surface area (TPSA) is 35.2 Å². The molecule has 0 bridgehead atoms. The summed E-state index contributed by atoms with van der Waals surface area (Å²) in [7, 11) is 0. The molecule has 1 aromatic rings. The molecule has 0 aromatic heterocycles. The summed E-state index contributed by atoms with van der Waals surface area (Å²) in [4.78, 5) is 0. The lowest BCUT2D eigenvalue weighted by molar-refractivity contribution is 0.0512. The highest BCUT2D eigenvalue weighted by Crippen LogP contribution is 2.29. The van der Waals surface area contributed by atoms with Crippen LogP contribution < -0.4 is 5.73 Å². The van der Waals surface area contributed by atoms with E-state index in [1.54, 1.807) is 12.1 Å². The Morgan fingerprint density at radius 2 is 2.00 bits per heavy atom. The number of hydrogen-bond donors (Lipinski definition) is 1. The van der Waals surface area contributed by atoms with Crippen molar-refractivity contribution in [3.8, 4) is 0 Å². The van der Waals surface area contributed by atoms with Gasteiger partial charge in [0.1, 0.15) is 5.82 Å². The quantitative estimate of drug-likeness (QED) is 0.889. The van der Waals surface area contributed by atoms with Crippen LogP contribution in [0.15, 0.2) is 22.7 Å². The number of hydrogen-bond acceptors (Lipinski definition) is 2. The first-order chi connectivity index (χ1) is 9.20. The van der Waals surface area contributed by atoms with Crippen molar-refractivity contribution in [2.75, 3.05) is 13.2 Å². The zero-order valence-corrected chi connectivity index (χ0v) is 12.7. The molecule has 2 N–H and O–H groups in total. The molecule has 0 radical (unpaired) electrons. The minimum Gasteiger partial charge on any atom is -0.376 e. The minimum absolute atomic E-state index is 0.237. The van der Waals surface area contributed by atoms with Crippen molar-refractivity contribution in [3.05, 3.63) is 34.1 Å². The third kappa shape index (κ3) is 4.26. The van der Waals surface area contributed by atoms with Gasteiger partial charge in [0.05, 0.1) is 17.7 Å². The SMILES string of the molecule is NCC1CCCCC1COCc1ccc(F)c(Br)c1. The van der Waals surface area contributed by atoms with E-state index in [9.17, 15) is 4.39 Å². The Bertz CT molecular complexity index is 413. The summed E-state index contributed by atoms with van der Waals surface area (Å²) in [6.45, 7) is 2.06. The third-order valence-electron chi connectivity index (χ3n) is 3.95. The Morgan fingerprint density at radius 3 is 2.68 bits per heavy atom. The fourth-order valence-electron chi connectivity index (χ4n) is 2.77. The molecule has 1 aromatic carbocycles. The molecule has 0 aliphatic heterocycles. The average Bonchev–Trinajstić information content (AvgIpc) is 2.43. The van der Waals surface area contributed by atoms with Crippen LogP contribution in [0.4, 0.5) is 4.39 Å². The Balaban J connectivity index is 1.80. The molecule has 2 unspecified atom stereocenters. The highest BCUT2D eigenvalue weighted by Gasteiger charge is 2.23. The highest BCUT2D eigenvalue weighted by atomic mass is 79.9. The molecule has 1 saturated carbocycles. The molecule has 1 aliphatic rings. The second kappa shape index (κ2) is 7.36. The van der Waals surface area contributed by atoms with Crippen LogP contribution in [0.5, 0.6) is 0 Å². The van der Waals surface area contributed by atoms with Crippen LogP contribution in [0.1, 0.15) is 31.2 Å². The second-order valence-electron chi connectivity index (χ2n) is 5.30. The molecule has 1 fully saturated rings. The van der Waals surface area contributed by atoms with E-state index < -0.39 is 0 Å². The van der Waals surface area contributed by atoms with Crippen LogP contribution in [-0.2, 0) is 11.3 Å². The number of nitrogens with two attached hydrogens (primary N) is 1. The van der Waals surface area contributed by atoms with Crippen LogP contribution in [0.3, 0.4) is 0 Å². The van der Waals surface area contributed by atoms with Crippen molar-refractivity contribution in [3.63, 3.8) is 0 Å². The summed E-state index contributed by atoms with van der Waals surface area (Å²) in [6, 6.07) is 5.00. The average molecular weight is 330 g/mol. The summed E-state index contributed by atoms with van der Waals surface area (Å²) in [6.07, 6.45) is 5.03. The molecule has 19 heavy (non-hydrogen) atoms. The van der Waals surface area contributed by atoms with Gasteiger partial charge >= 0.3 is 0 Å². The lowest BCUT2D eigenvalue weighted by atomic mass is 9.80. The first-order valence-corrected chi connectivity index (χ1v) is 7.71. The molecule has 1 aliphatic carbocycles. The molecule has 2 atom stereocenters. The third-order valence-corrected chi connectivity index (χ3v) is 4.56. The Hall–Kier alpha value is -0.450. The molecule has 2 nitrogen and oxygen atoms in total. The summed E-state index contributed by atoms with van der Waals surface area (Å²) < 4.78 is 19.4. The van der Waals surface area contributed by atoms with E-state index in [1.807, 2.05) is 0 Å². The first-order valence-electron chi connectivity index (χ1n) is 6.92. The maximum atomic E-state index is 13.1. The van der Waals surface area contributed by atoms with Gasteiger partial charge in [-0.3, -0.25) is 0 Å². The van der Waals surface area contributed by atoms with Gasteiger partial charge in [-0.2, -0.15) is 0 Å². The lowest BCUT2D eigenvalue weighted by Crippen LogP contribution is -2.29. The Morgan fingerprint density at radius 1 is 1.26 bits per heavy atom. The largest absolute Gasteiger partial charge is 0.376 e. The smallest absolute Gasteiger partial charge is 0.137 e. The van der Waals surface area contributed by atoms with Crippen molar-refractivity contribution in [2.24, 2.45) is 17.6 Å². The normalized spacial score (nSPS) is 23.5. The van der Waals surface area contributed by atoms with Gasteiger partial charge in [-0.05, 0) is 64.8 Å². The molecule has 0 heterocycles. The zero-order chi connectivity index (χ0) is 13.7. The van der Waals surface area contributed by atoms with E-state index in [0.717, 1.165) is 18.7 Å². The molecule has 0 saturated heterocycles. The summed E-state index contributed by atoms with van der Waals surface area (Å²) in [5.74, 6) is 0.954. The molecule has 106 valence electrons. The maximum Gasteiger partial charge on any atom is 0.137 e. The van der Waals surface area contributed by atoms with E-state index in [1.165, 1.54) is 31.7 Å². The van der Waals surface area contributed by atoms with Crippen LogP contribution >= 0.6 is 15.9 Å². The monoisotopic (exact) mass is 329 g/mol. The van der Waals surface area contributed by atoms with Crippen molar-refractivity contribution in [1.82, 2.24) is 0 Å². The van der Waals surface area contributed by atoms with E-state index >= 15 is 0 Å². The van der Waals surface area contributed by atoms with Crippen LogP contribution in [0, 0.1) is 17.7 Å². The predicted octanol–water partition coefficient (Wildman–Crippen LogP) is 3.87. The number of benzene rings is 1. The Kier molecular flexibility index (Phi) is 5.79. The molecule has 4 heteroatoms. The summed E-state index contributed by atoms with van der Waals surface area (Å²) >= 11 is 3.19. The van der Waals surface area contributed by atoms with Gasteiger partial charge in [-0.1, -0.05) is 18.9 Å². The van der Waals surface area contributed by atoms with Crippen molar-refractivity contribution in [2.45, 2.75) is 32.3 Å². The predicted molar refractivity (Wildman–Crippen MR) is 78.3 cm³/mol. The maximum absolute atomic E-state index is 13.1. The molecular formula is C15H21BrFNO. The molecule has 0 amide bonds. The van der Waals surface area contributed by atoms with Gasteiger partial charge < -0.3 is 10.5 Å². The zero-order valence-electron chi connectivity index (χ0n) is 11.1. The van der Waals surface area contributed by atoms with Gasteiger partial charge in [0.15, 0.2) is 0 Å². The number of rotatable bonds is 5. The minimum atomic E-state index is -0.237. The van der Waals surface area contributed by atoms with Gasteiger partial charge in [-0.15, -0.1) is 0 Å². The summed E-state index contributed by atoms with van der Waals surface area (Å²) in [5, 5.41) is 0. The highest BCUT2D eigenvalue weighted by molar-refractivity contribution is 9.10. The number of halogens is 2. The van der Waals surface area contributed by atoms with Crippen LogP contribution in [-0.4, -0.2) is 13.2 Å². The van der Waals surface area contributed by atoms with Gasteiger partial charge in [0, 0.05) is 0 Å². The molecular weight excluding hydrogens is 309 g/mol. The van der Waals surface area contributed by atoms with Gasteiger partial charge in [-0.25, -0.2) is 4.39 Å². The van der Waals surface area contributed by atoms with Crippen LogP contribution in [0.2, 0.25) is 0 Å². The van der Waals surface area contributed by atoms with Crippen molar-refractivity contribution >= 4 is 15.9 Å². The van der Waals surface area contributed by atoms with Crippen molar-refractivity contribution < 1.29 is 9.13 Å². The van der Waals surface area contributed by atoms with Crippen LogP contribution in [0.25, 0.3) is 0 Å². The van der Waals surface area contributed by atoms with E-state index in [2.05, 4.69) is 15.9 Å². The Labute approximate surface area is 122 Å². The molecule has 2 rings (SSSR count). The summed E-state index contributed by atoms with van der Waals surface area (Å²) in [5.41, 5.74) is 6.80. The first kappa shape index (κ1) is 14.9. The second-order valence-corrected chi connectivity index (χ2v) is 6.16. The van der Waals surface area contributed by atoms with E-state index in [-0.39, 0.29) is 5.82 Å². The number of ether oxygens (including phenoxy) is 1. The van der Waals surface area contributed by atoms with E-state index in [0.29, 0.717) is 22.9 Å². The van der Waals surface area contributed by atoms with Gasteiger partial charge in [0.25, 0.3) is 0 Å². The van der Waals surface area contributed by atoms with Crippen molar-refractivity contribution in [1.29, 1.82) is 0 Å². The van der Waals surface area contributed by atoms with E-state index in [4.69, 9.17) is 10.5 Å². The standard InChI is InChI=1S/C15H21BrFNO/c16-14-7-11(5-6-15(14)17)9-19-10-13-4-2-1-3-12(13)8-18/h5-7,12-13H,1-4,8-10,18H2. The lowest BCUT2D eigenvalue weighted by Gasteiger charge is -2.30. The molecule has 0 spiro atoms. The fourth-order valence-corrected chi connectivity index (χ4v) is 3.20. The fraction of sp³-hybridized carbons (Fsp3) is 0.600. The van der Waals surface area contributed by atoms with Gasteiger partial charge in [0.2, 0.25) is 0 Å².